The monoisotopic (exact) mass is 282 g/mol. The lowest BCUT2D eigenvalue weighted by molar-refractivity contribution is 0.194. The highest BCUT2D eigenvalue weighted by Crippen LogP contribution is 2.28. The molecule has 0 saturated carbocycles. The van der Waals surface area contributed by atoms with Gasteiger partial charge in [-0.15, -0.1) is 0 Å². The van der Waals surface area contributed by atoms with Gasteiger partial charge in [-0.1, -0.05) is 37.3 Å². The van der Waals surface area contributed by atoms with Crippen molar-refractivity contribution >= 4 is 10.8 Å². The molecule has 0 fully saturated rings. The maximum Gasteiger partial charge on any atom is 0.221 e. The molecule has 3 heteroatoms. The van der Waals surface area contributed by atoms with Gasteiger partial charge in [-0.25, -0.2) is 4.98 Å². The van der Waals surface area contributed by atoms with Crippen molar-refractivity contribution in [2.24, 2.45) is 17.6 Å². The average molecular weight is 282 g/mol. The number of allylic oxidation sites excluding steroid dienone is 2. The van der Waals surface area contributed by atoms with Crippen molar-refractivity contribution in [1.82, 2.24) is 4.98 Å². The smallest absolute Gasteiger partial charge is 0.221 e. The van der Waals surface area contributed by atoms with Crippen LogP contribution in [0.15, 0.2) is 42.5 Å². The van der Waals surface area contributed by atoms with Gasteiger partial charge in [0.05, 0.1) is 12.3 Å². The molecule has 0 amide bonds. The number of pyridine rings is 1. The summed E-state index contributed by atoms with van der Waals surface area (Å²) >= 11 is 0. The molecule has 0 radical (unpaired) electrons. The number of hydrogen-bond donors (Lipinski definition) is 1. The summed E-state index contributed by atoms with van der Waals surface area (Å²) in [6, 6.07) is 10.2. The summed E-state index contributed by atoms with van der Waals surface area (Å²) in [6.45, 7) is 3.44. The summed E-state index contributed by atoms with van der Waals surface area (Å²) in [4.78, 5) is 4.56. The predicted molar refractivity (Wildman–Crippen MR) is 86.2 cm³/mol. The number of nitrogens with zero attached hydrogens (tertiary/aromatic N) is 1. The summed E-state index contributed by atoms with van der Waals surface area (Å²) in [5.74, 6) is 1.95. The molecule has 3 rings (SSSR count). The fourth-order valence-corrected chi connectivity index (χ4v) is 2.86. The van der Waals surface area contributed by atoms with E-state index >= 15 is 0 Å². The Morgan fingerprint density at radius 2 is 2.05 bits per heavy atom. The van der Waals surface area contributed by atoms with Gasteiger partial charge in [-0.3, -0.25) is 0 Å². The molecule has 110 valence electrons. The minimum atomic E-state index is 0.434. The third kappa shape index (κ3) is 3.08. The van der Waals surface area contributed by atoms with Gasteiger partial charge in [-0.2, -0.15) is 0 Å². The Labute approximate surface area is 125 Å². The maximum atomic E-state index is 6.07. The standard InChI is InChI=1S/C18H22N2O/c1-13-6-2-3-8-15(13)12-21-18-17-9-5-4-7-14(17)10-16(11-19)20-18/h2-5,7,9-10,13,15H,6,8,11-12,19H2,1H3. The Kier molecular flexibility index (Phi) is 4.20. The van der Waals surface area contributed by atoms with Gasteiger partial charge in [-0.05, 0) is 42.2 Å². The van der Waals surface area contributed by atoms with E-state index in [9.17, 15) is 0 Å². The number of ether oxygens (including phenoxy) is 1. The minimum Gasteiger partial charge on any atom is -0.477 e. The SMILES string of the molecule is CC1CC=CCC1COc1nc(CN)cc2ccccc12. The molecule has 1 aromatic carbocycles. The zero-order chi connectivity index (χ0) is 14.7. The fraction of sp³-hybridized carbons (Fsp3) is 0.389. The fourth-order valence-electron chi connectivity index (χ4n) is 2.86. The first-order valence-electron chi connectivity index (χ1n) is 7.64. The Balaban J connectivity index is 1.84. The van der Waals surface area contributed by atoms with Crippen molar-refractivity contribution in [3.63, 3.8) is 0 Å². The van der Waals surface area contributed by atoms with E-state index in [-0.39, 0.29) is 0 Å². The first-order chi connectivity index (χ1) is 10.3. The van der Waals surface area contributed by atoms with Crippen LogP contribution in [-0.2, 0) is 6.54 Å². The topological polar surface area (TPSA) is 48.1 Å². The molecule has 2 unspecified atom stereocenters. The normalized spacial score (nSPS) is 21.6. The van der Waals surface area contributed by atoms with E-state index in [2.05, 4.69) is 36.2 Å². The van der Waals surface area contributed by atoms with E-state index in [1.165, 1.54) is 0 Å². The van der Waals surface area contributed by atoms with E-state index in [0.717, 1.165) is 41.8 Å². The number of benzene rings is 1. The molecule has 2 N–H and O–H groups in total. The van der Waals surface area contributed by atoms with Gasteiger partial charge in [0.2, 0.25) is 5.88 Å². The molecule has 1 aliphatic carbocycles. The summed E-state index contributed by atoms with van der Waals surface area (Å²) < 4.78 is 6.07. The van der Waals surface area contributed by atoms with Gasteiger partial charge in [0.15, 0.2) is 0 Å². The molecule has 1 aromatic heterocycles. The van der Waals surface area contributed by atoms with Crippen molar-refractivity contribution in [2.45, 2.75) is 26.3 Å². The predicted octanol–water partition coefficient (Wildman–Crippen LogP) is 3.67. The summed E-state index contributed by atoms with van der Waals surface area (Å²) in [5, 5.41) is 2.20. The van der Waals surface area contributed by atoms with Crippen LogP contribution in [0, 0.1) is 11.8 Å². The lowest BCUT2D eigenvalue weighted by Crippen LogP contribution is -2.21. The van der Waals surface area contributed by atoms with E-state index < -0.39 is 0 Å². The molecule has 0 spiro atoms. The second-order valence-corrected chi connectivity index (χ2v) is 5.84. The number of rotatable bonds is 4. The highest BCUT2D eigenvalue weighted by atomic mass is 16.5. The number of fused-ring (bicyclic) bond motifs is 1. The number of hydrogen-bond acceptors (Lipinski definition) is 3. The van der Waals surface area contributed by atoms with E-state index in [1.807, 2.05) is 18.2 Å². The third-order valence-corrected chi connectivity index (χ3v) is 4.32. The first kappa shape index (κ1) is 14.1. The molecule has 2 aromatic rings. The zero-order valence-corrected chi connectivity index (χ0v) is 12.5. The molecule has 0 aliphatic heterocycles. The highest BCUT2D eigenvalue weighted by molar-refractivity contribution is 5.87. The van der Waals surface area contributed by atoms with E-state index in [1.54, 1.807) is 0 Å². The average Bonchev–Trinajstić information content (AvgIpc) is 2.53. The Hall–Kier alpha value is -1.87. The molecular formula is C18H22N2O. The van der Waals surface area contributed by atoms with Crippen LogP contribution in [0.25, 0.3) is 10.8 Å². The van der Waals surface area contributed by atoms with Crippen LogP contribution >= 0.6 is 0 Å². The second kappa shape index (κ2) is 6.27. The van der Waals surface area contributed by atoms with Gasteiger partial charge in [0.25, 0.3) is 0 Å². The van der Waals surface area contributed by atoms with Crippen LogP contribution in [0.2, 0.25) is 0 Å². The minimum absolute atomic E-state index is 0.434. The third-order valence-electron chi connectivity index (χ3n) is 4.32. The van der Waals surface area contributed by atoms with Gasteiger partial charge >= 0.3 is 0 Å². The summed E-state index contributed by atoms with van der Waals surface area (Å²) in [5.41, 5.74) is 6.62. The first-order valence-corrected chi connectivity index (χ1v) is 7.64. The summed E-state index contributed by atoms with van der Waals surface area (Å²) in [6.07, 6.45) is 6.76. The van der Waals surface area contributed by atoms with Crippen LogP contribution in [-0.4, -0.2) is 11.6 Å². The second-order valence-electron chi connectivity index (χ2n) is 5.84. The van der Waals surface area contributed by atoms with Crippen molar-refractivity contribution in [2.75, 3.05) is 6.61 Å². The van der Waals surface area contributed by atoms with Crippen LogP contribution < -0.4 is 10.5 Å². The highest BCUT2D eigenvalue weighted by Gasteiger charge is 2.19. The maximum absolute atomic E-state index is 6.07. The summed E-state index contributed by atoms with van der Waals surface area (Å²) in [7, 11) is 0. The molecule has 2 atom stereocenters. The lowest BCUT2D eigenvalue weighted by Gasteiger charge is -2.25. The van der Waals surface area contributed by atoms with Crippen molar-refractivity contribution in [3.8, 4) is 5.88 Å². The Bertz CT molecular complexity index is 651. The van der Waals surface area contributed by atoms with E-state index in [4.69, 9.17) is 10.5 Å². The van der Waals surface area contributed by atoms with E-state index in [0.29, 0.717) is 18.4 Å². The van der Waals surface area contributed by atoms with Gasteiger partial charge < -0.3 is 10.5 Å². The molecule has 3 nitrogen and oxygen atoms in total. The molecule has 1 aliphatic rings. The lowest BCUT2D eigenvalue weighted by atomic mass is 9.85. The molecule has 0 bridgehead atoms. The number of nitrogens with two attached hydrogens (primary N) is 1. The molecule has 21 heavy (non-hydrogen) atoms. The van der Waals surface area contributed by atoms with Crippen LogP contribution in [0.5, 0.6) is 5.88 Å². The van der Waals surface area contributed by atoms with Crippen molar-refractivity contribution in [1.29, 1.82) is 0 Å². The quantitative estimate of drug-likeness (QED) is 0.870. The molecule has 0 saturated heterocycles. The van der Waals surface area contributed by atoms with Crippen LogP contribution in [0.4, 0.5) is 0 Å². The zero-order valence-electron chi connectivity index (χ0n) is 12.5. The van der Waals surface area contributed by atoms with Crippen molar-refractivity contribution in [3.05, 3.63) is 48.2 Å². The van der Waals surface area contributed by atoms with Crippen molar-refractivity contribution < 1.29 is 4.74 Å². The van der Waals surface area contributed by atoms with Gasteiger partial charge in [0.1, 0.15) is 0 Å². The largest absolute Gasteiger partial charge is 0.477 e. The Morgan fingerprint density at radius 1 is 1.24 bits per heavy atom. The molecular weight excluding hydrogens is 260 g/mol. The van der Waals surface area contributed by atoms with Gasteiger partial charge in [0, 0.05) is 11.9 Å². The Morgan fingerprint density at radius 3 is 2.86 bits per heavy atom. The van der Waals surface area contributed by atoms with Crippen LogP contribution in [0.1, 0.15) is 25.5 Å². The number of aromatic nitrogens is 1. The van der Waals surface area contributed by atoms with Crippen LogP contribution in [0.3, 0.4) is 0 Å². The molecule has 1 heterocycles.